The van der Waals surface area contributed by atoms with Crippen LogP contribution in [0, 0.1) is 6.92 Å². The normalized spacial score (nSPS) is 13.8. The van der Waals surface area contributed by atoms with Crippen molar-refractivity contribution in [3.8, 4) is 5.75 Å². The molecule has 38 heavy (non-hydrogen) atoms. The summed E-state index contributed by atoms with van der Waals surface area (Å²) >= 11 is 0. The molecule has 1 aliphatic heterocycles. The first-order valence-electron chi connectivity index (χ1n) is 11.6. The number of ether oxygens (including phenoxy) is 2. The standard InChI is InChI=1S/C25H22F3N7O3/c1-15-5-6-16(23(36)32-17-3-2-4-18(12-17)38-25(26,27)28)11-19(15)33-22-21-20(30-14-31-22)13-29-24(34-21)35-7-9-37-10-8-35/h2-6,11-14H,7-10H2,1H3,(H,32,36)(H,30,31,33). The monoisotopic (exact) mass is 525 g/mol. The van der Waals surface area contributed by atoms with Gasteiger partial charge < -0.3 is 25.0 Å². The fourth-order valence-corrected chi connectivity index (χ4v) is 3.85. The summed E-state index contributed by atoms with van der Waals surface area (Å²) in [7, 11) is 0. The van der Waals surface area contributed by atoms with E-state index in [1.54, 1.807) is 24.4 Å². The number of morpholine rings is 1. The van der Waals surface area contributed by atoms with Crippen LogP contribution in [0.5, 0.6) is 5.75 Å². The van der Waals surface area contributed by atoms with Gasteiger partial charge >= 0.3 is 6.36 Å². The smallest absolute Gasteiger partial charge is 0.406 e. The minimum Gasteiger partial charge on any atom is -0.406 e. The average molecular weight is 525 g/mol. The van der Waals surface area contributed by atoms with E-state index in [2.05, 4.69) is 35.3 Å². The Kier molecular flexibility index (Phi) is 6.92. The maximum Gasteiger partial charge on any atom is 0.573 e. The number of halogens is 3. The molecule has 10 nitrogen and oxygen atoms in total. The number of rotatable bonds is 6. The number of anilines is 4. The van der Waals surface area contributed by atoms with Crippen LogP contribution in [0.2, 0.25) is 0 Å². The number of benzene rings is 2. The van der Waals surface area contributed by atoms with Crippen molar-refractivity contribution < 1.29 is 27.4 Å². The van der Waals surface area contributed by atoms with Gasteiger partial charge in [-0.25, -0.2) is 19.9 Å². The molecule has 1 fully saturated rings. The van der Waals surface area contributed by atoms with E-state index < -0.39 is 18.0 Å². The molecule has 2 aromatic heterocycles. The summed E-state index contributed by atoms with van der Waals surface area (Å²) in [5, 5.41) is 5.82. The molecular weight excluding hydrogens is 503 g/mol. The number of amides is 1. The molecule has 0 spiro atoms. The number of hydrogen-bond acceptors (Lipinski definition) is 9. The number of hydrogen-bond donors (Lipinski definition) is 2. The molecule has 1 aliphatic rings. The third kappa shape index (κ3) is 5.89. The molecule has 4 aromatic rings. The van der Waals surface area contributed by atoms with E-state index in [0.717, 1.165) is 17.7 Å². The van der Waals surface area contributed by atoms with Crippen molar-refractivity contribution in [2.45, 2.75) is 13.3 Å². The van der Waals surface area contributed by atoms with Crippen LogP contribution in [-0.4, -0.2) is 58.5 Å². The van der Waals surface area contributed by atoms with Gasteiger partial charge in [0.1, 0.15) is 23.1 Å². The van der Waals surface area contributed by atoms with Gasteiger partial charge in [-0.2, -0.15) is 0 Å². The molecule has 0 saturated carbocycles. The van der Waals surface area contributed by atoms with Crippen LogP contribution < -0.4 is 20.3 Å². The van der Waals surface area contributed by atoms with E-state index >= 15 is 0 Å². The Morgan fingerprint density at radius 3 is 2.68 bits per heavy atom. The van der Waals surface area contributed by atoms with Gasteiger partial charge in [0.25, 0.3) is 5.91 Å². The maximum atomic E-state index is 12.9. The lowest BCUT2D eigenvalue weighted by molar-refractivity contribution is -0.274. The topological polar surface area (TPSA) is 114 Å². The molecule has 13 heteroatoms. The van der Waals surface area contributed by atoms with Gasteiger partial charge in [-0.05, 0) is 36.8 Å². The summed E-state index contributed by atoms with van der Waals surface area (Å²) in [6.07, 6.45) is -1.81. The first kappa shape index (κ1) is 25.1. The molecule has 196 valence electrons. The highest BCUT2D eigenvalue weighted by atomic mass is 19.4. The zero-order valence-electron chi connectivity index (χ0n) is 20.1. The van der Waals surface area contributed by atoms with Crippen LogP contribution in [0.15, 0.2) is 55.0 Å². The van der Waals surface area contributed by atoms with Crippen molar-refractivity contribution in [2.75, 3.05) is 41.8 Å². The minimum atomic E-state index is -4.83. The lowest BCUT2D eigenvalue weighted by Gasteiger charge is -2.26. The summed E-state index contributed by atoms with van der Waals surface area (Å²) in [5.74, 6) is 0.0297. The van der Waals surface area contributed by atoms with E-state index in [0.29, 0.717) is 54.8 Å². The molecule has 2 aromatic carbocycles. The first-order valence-corrected chi connectivity index (χ1v) is 11.6. The Balaban J connectivity index is 1.38. The Morgan fingerprint density at radius 1 is 1.08 bits per heavy atom. The number of nitrogens with one attached hydrogen (secondary N) is 2. The SMILES string of the molecule is Cc1ccc(C(=O)Nc2cccc(OC(F)(F)F)c2)cc1Nc1ncnc2cnc(N3CCOCC3)nc12. The molecular formula is C25H22F3N7O3. The molecule has 1 saturated heterocycles. The lowest BCUT2D eigenvalue weighted by Crippen LogP contribution is -2.37. The fraction of sp³-hybridized carbons (Fsp3) is 0.240. The number of aromatic nitrogens is 4. The van der Waals surface area contributed by atoms with Gasteiger partial charge in [-0.3, -0.25) is 4.79 Å². The Hall–Kier alpha value is -4.52. The third-order valence-electron chi connectivity index (χ3n) is 5.74. The van der Waals surface area contributed by atoms with Crippen LogP contribution >= 0.6 is 0 Å². The van der Waals surface area contributed by atoms with Crippen LogP contribution in [-0.2, 0) is 4.74 Å². The van der Waals surface area contributed by atoms with Crippen LogP contribution in [0.3, 0.4) is 0 Å². The predicted molar refractivity (Wildman–Crippen MR) is 134 cm³/mol. The highest BCUT2D eigenvalue weighted by Gasteiger charge is 2.31. The highest BCUT2D eigenvalue weighted by molar-refractivity contribution is 6.05. The van der Waals surface area contributed by atoms with E-state index in [1.165, 1.54) is 18.5 Å². The number of alkyl halides is 3. The Bertz CT molecular complexity index is 1480. The quantitative estimate of drug-likeness (QED) is 0.377. The number of nitrogens with zero attached hydrogens (tertiary/aromatic N) is 5. The first-order chi connectivity index (χ1) is 18.2. The number of carbonyl (C=O) groups is 1. The second-order valence-corrected chi connectivity index (χ2v) is 8.41. The summed E-state index contributed by atoms with van der Waals surface area (Å²) in [6.45, 7) is 4.38. The lowest BCUT2D eigenvalue weighted by atomic mass is 10.1. The highest BCUT2D eigenvalue weighted by Crippen LogP contribution is 2.28. The van der Waals surface area contributed by atoms with Crippen LogP contribution in [0.1, 0.15) is 15.9 Å². The summed E-state index contributed by atoms with van der Waals surface area (Å²) in [5.41, 5.74) is 2.92. The van der Waals surface area contributed by atoms with Gasteiger partial charge in [0, 0.05) is 36.1 Å². The average Bonchev–Trinajstić information content (AvgIpc) is 2.89. The van der Waals surface area contributed by atoms with E-state index in [4.69, 9.17) is 4.74 Å². The zero-order valence-corrected chi connectivity index (χ0v) is 20.1. The summed E-state index contributed by atoms with van der Waals surface area (Å²) < 4.78 is 46.9. The fourth-order valence-electron chi connectivity index (χ4n) is 3.85. The van der Waals surface area contributed by atoms with Crippen LogP contribution in [0.4, 0.5) is 36.3 Å². The summed E-state index contributed by atoms with van der Waals surface area (Å²) in [4.78, 5) is 32.6. The van der Waals surface area contributed by atoms with Crippen LogP contribution in [0.25, 0.3) is 11.0 Å². The van der Waals surface area contributed by atoms with E-state index in [1.807, 2.05) is 11.8 Å². The molecule has 0 bridgehead atoms. The molecule has 0 aliphatic carbocycles. The summed E-state index contributed by atoms with van der Waals surface area (Å²) in [6, 6.07) is 10.0. The van der Waals surface area contributed by atoms with Gasteiger partial charge in [0.05, 0.1) is 19.4 Å². The second-order valence-electron chi connectivity index (χ2n) is 8.41. The van der Waals surface area contributed by atoms with Gasteiger partial charge in [-0.1, -0.05) is 12.1 Å². The molecule has 3 heterocycles. The van der Waals surface area contributed by atoms with Crippen molar-refractivity contribution in [3.05, 3.63) is 66.1 Å². The van der Waals surface area contributed by atoms with Crippen molar-refractivity contribution in [1.29, 1.82) is 0 Å². The Labute approximate surface area is 214 Å². The van der Waals surface area contributed by atoms with E-state index in [-0.39, 0.29) is 11.3 Å². The molecule has 0 unspecified atom stereocenters. The van der Waals surface area contributed by atoms with Crippen molar-refractivity contribution >= 4 is 40.1 Å². The number of fused-ring (bicyclic) bond motifs is 1. The van der Waals surface area contributed by atoms with Crippen molar-refractivity contribution in [1.82, 2.24) is 19.9 Å². The predicted octanol–water partition coefficient (Wildman–Crippen LogP) is 4.46. The molecule has 2 N–H and O–H groups in total. The van der Waals surface area contributed by atoms with Gasteiger partial charge in [0.2, 0.25) is 5.95 Å². The maximum absolute atomic E-state index is 12.9. The molecule has 0 atom stereocenters. The minimum absolute atomic E-state index is 0.154. The number of carbonyl (C=O) groups excluding carboxylic acids is 1. The second kappa shape index (κ2) is 10.5. The van der Waals surface area contributed by atoms with Gasteiger partial charge in [0.15, 0.2) is 5.82 Å². The van der Waals surface area contributed by atoms with Crippen molar-refractivity contribution in [2.24, 2.45) is 0 Å². The largest absolute Gasteiger partial charge is 0.573 e. The molecule has 5 rings (SSSR count). The van der Waals surface area contributed by atoms with Gasteiger partial charge in [-0.15, -0.1) is 13.2 Å². The zero-order chi connectivity index (χ0) is 26.7. The third-order valence-corrected chi connectivity index (χ3v) is 5.74. The molecule has 0 radical (unpaired) electrons. The number of aryl methyl sites for hydroxylation is 1. The van der Waals surface area contributed by atoms with Crippen molar-refractivity contribution in [3.63, 3.8) is 0 Å². The Morgan fingerprint density at radius 2 is 1.89 bits per heavy atom. The van der Waals surface area contributed by atoms with E-state index in [9.17, 15) is 18.0 Å². The molecule has 1 amide bonds.